The van der Waals surface area contributed by atoms with Gasteiger partial charge in [0.1, 0.15) is 11.5 Å². The first kappa shape index (κ1) is 19.9. The van der Waals surface area contributed by atoms with Crippen molar-refractivity contribution in [2.75, 3.05) is 11.9 Å². The van der Waals surface area contributed by atoms with Crippen molar-refractivity contribution in [1.29, 1.82) is 0 Å². The van der Waals surface area contributed by atoms with Gasteiger partial charge in [0.2, 0.25) is 6.10 Å². The standard InChI is InChI=1S/C23H21NO5/c1-2-28-20-11-7-6-10-19(20)24-22(25)17-12-14-18(15-13-17)29-21(23(26)27)16-8-4-3-5-9-16/h3-15,21H,2H2,1H3,(H,24,25)(H,26,27). The summed E-state index contributed by atoms with van der Waals surface area (Å²) in [5.74, 6) is -0.449. The van der Waals surface area contributed by atoms with Crippen LogP contribution in [0.4, 0.5) is 5.69 Å². The van der Waals surface area contributed by atoms with Gasteiger partial charge in [-0.2, -0.15) is 0 Å². The summed E-state index contributed by atoms with van der Waals surface area (Å²) < 4.78 is 11.1. The summed E-state index contributed by atoms with van der Waals surface area (Å²) in [6.45, 7) is 2.36. The molecule has 0 heterocycles. The number of hydrogen-bond acceptors (Lipinski definition) is 4. The highest BCUT2D eigenvalue weighted by Gasteiger charge is 2.21. The van der Waals surface area contributed by atoms with E-state index >= 15 is 0 Å². The minimum Gasteiger partial charge on any atom is -0.492 e. The average molecular weight is 391 g/mol. The van der Waals surface area contributed by atoms with Crippen LogP contribution in [0.2, 0.25) is 0 Å². The summed E-state index contributed by atoms with van der Waals surface area (Å²) in [4.78, 5) is 24.1. The van der Waals surface area contributed by atoms with Crippen LogP contribution in [-0.4, -0.2) is 23.6 Å². The lowest BCUT2D eigenvalue weighted by Gasteiger charge is -2.16. The second kappa shape index (κ2) is 9.41. The van der Waals surface area contributed by atoms with Gasteiger partial charge in [-0.25, -0.2) is 4.79 Å². The normalized spacial score (nSPS) is 11.3. The smallest absolute Gasteiger partial charge is 0.349 e. The Morgan fingerprint density at radius 2 is 1.59 bits per heavy atom. The number of benzene rings is 3. The summed E-state index contributed by atoms with van der Waals surface area (Å²) in [6, 6.07) is 22.2. The second-order valence-corrected chi connectivity index (χ2v) is 6.15. The number of aliphatic carboxylic acids is 1. The Morgan fingerprint density at radius 1 is 0.931 bits per heavy atom. The molecule has 0 aliphatic rings. The van der Waals surface area contributed by atoms with Crippen LogP contribution in [0.25, 0.3) is 0 Å². The fourth-order valence-corrected chi connectivity index (χ4v) is 2.76. The van der Waals surface area contributed by atoms with Crippen molar-refractivity contribution >= 4 is 17.6 Å². The molecule has 3 rings (SSSR count). The zero-order valence-electron chi connectivity index (χ0n) is 15.9. The Hall–Kier alpha value is -3.80. The topological polar surface area (TPSA) is 84.9 Å². The number of amides is 1. The molecule has 0 fully saturated rings. The summed E-state index contributed by atoms with van der Waals surface area (Å²) in [5.41, 5.74) is 1.53. The minimum absolute atomic E-state index is 0.304. The Morgan fingerprint density at radius 3 is 2.24 bits per heavy atom. The third-order valence-corrected chi connectivity index (χ3v) is 4.13. The lowest BCUT2D eigenvalue weighted by atomic mass is 10.1. The average Bonchev–Trinajstić information content (AvgIpc) is 2.74. The van der Waals surface area contributed by atoms with Gasteiger partial charge in [-0.1, -0.05) is 42.5 Å². The van der Waals surface area contributed by atoms with Crippen LogP contribution >= 0.6 is 0 Å². The largest absolute Gasteiger partial charge is 0.492 e. The maximum absolute atomic E-state index is 12.5. The van der Waals surface area contributed by atoms with Gasteiger partial charge in [0.15, 0.2) is 0 Å². The van der Waals surface area contributed by atoms with Gasteiger partial charge in [-0.05, 0) is 43.3 Å². The Labute approximate surface area is 168 Å². The maximum Gasteiger partial charge on any atom is 0.349 e. The number of nitrogens with one attached hydrogen (secondary N) is 1. The van der Waals surface area contributed by atoms with E-state index in [0.717, 1.165) is 0 Å². The lowest BCUT2D eigenvalue weighted by molar-refractivity contribution is -0.145. The molecule has 0 saturated heterocycles. The number of carbonyl (C=O) groups is 2. The van der Waals surface area contributed by atoms with Gasteiger partial charge in [-0.15, -0.1) is 0 Å². The van der Waals surface area contributed by atoms with Gasteiger partial charge in [-0.3, -0.25) is 4.79 Å². The molecule has 1 atom stereocenters. The van der Waals surface area contributed by atoms with Gasteiger partial charge in [0.25, 0.3) is 5.91 Å². The van der Waals surface area contributed by atoms with Crippen LogP contribution < -0.4 is 14.8 Å². The van der Waals surface area contributed by atoms with Crippen molar-refractivity contribution in [3.05, 3.63) is 90.0 Å². The summed E-state index contributed by atoms with van der Waals surface area (Å²) in [7, 11) is 0. The zero-order valence-corrected chi connectivity index (χ0v) is 15.9. The summed E-state index contributed by atoms with van der Waals surface area (Å²) in [5, 5.41) is 12.3. The number of para-hydroxylation sites is 2. The van der Waals surface area contributed by atoms with Crippen LogP contribution in [0.3, 0.4) is 0 Å². The highest BCUT2D eigenvalue weighted by Crippen LogP contribution is 2.26. The number of carboxylic acid groups (broad SMARTS) is 1. The van der Waals surface area contributed by atoms with Crippen molar-refractivity contribution in [2.24, 2.45) is 0 Å². The molecule has 6 nitrogen and oxygen atoms in total. The van der Waals surface area contributed by atoms with E-state index in [1.807, 2.05) is 19.1 Å². The molecule has 0 spiro atoms. The van der Waals surface area contributed by atoms with Crippen molar-refractivity contribution in [3.63, 3.8) is 0 Å². The highest BCUT2D eigenvalue weighted by atomic mass is 16.5. The molecular weight excluding hydrogens is 370 g/mol. The predicted molar refractivity (Wildman–Crippen MR) is 109 cm³/mol. The number of carboxylic acids is 1. The molecule has 1 unspecified atom stereocenters. The van der Waals surface area contributed by atoms with E-state index in [9.17, 15) is 14.7 Å². The number of hydrogen-bond donors (Lipinski definition) is 2. The molecular formula is C23H21NO5. The van der Waals surface area contributed by atoms with Crippen molar-refractivity contribution in [2.45, 2.75) is 13.0 Å². The molecule has 29 heavy (non-hydrogen) atoms. The third kappa shape index (κ3) is 5.13. The summed E-state index contributed by atoms with van der Waals surface area (Å²) in [6.07, 6.45) is -1.13. The first-order valence-electron chi connectivity index (χ1n) is 9.16. The molecule has 0 aliphatic heterocycles. The SMILES string of the molecule is CCOc1ccccc1NC(=O)c1ccc(OC(C(=O)O)c2ccccc2)cc1. The lowest BCUT2D eigenvalue weighted by Crippen LogP contribution is -2.18. The first-order chi connectivity index (χ1) is 14.1. The monoisotopic (exact) mass is 391 g/mol. The van der Waals surface area contributed by atoms with Crippen LogP contribution in [0.15, 0.2) is 78.9 Å². The molecule has 148 valence electrons. The quantitative estimate of drug-likeness (QED) is 0.589. The van der Waals surface area contributed by atoms with Gasteiger partial charge in [0.05, 0.1) is 12.3 Å². The third-order valence-electron chi connectivity index (χ3n) is 4.13. The Balaban J connectivity index is 1.71. The number of rotatable bonds is 8. The van der Waals surface area contributed by atoms with Gasteiger partial charge >= 0.3 is 5.97 Å². The molecule has 3 aromatic rings. The zero-order chi connectivity index (χ0) is 20.6. The molecule has 0 aliphatic carbocycles. The molecule has 0 aromatic heterocycles. The van der Waals surface area contributed by atoms with E-state index in [1.54, 1.807) is 66.7 Å². The molecule has 0 radical (unpaired) electrons. The van der Waals surface area contributed by atoms with Gasteiger partial charge in [0, 0.05) is 11.1 Å². The van der Waals surface area contributed by atoms with E-state index in [0.29, 0.717) is 34.9 Å². The number of anilines is 1. The second-order valence-electron chi connectivity index (χ2n) is 6.15. The van der Waals surface area contributed by atoms with E-state index in [4.69, 9.17) is 9.47 Å². The van der Waals surface area contributed by atoms with E-state index in [-0.39, 0.29) is 5.91 Å². The Kier molecular flexibility index (Phi) is 6.47. The molecule has 2 N–H and O–H groups in total. The van der Waals surface area contributed by atoms with Crippen molar-refractivity contribution in [3.8, 4) is 11.5 Å². The van der Waals surface area contributed by atoms with E-state index in [2.05, 4.69) is 5.32 Å². The van der Waals surface area contributed by atoms with Crippen molar-refractivity contribution < 1.29 is 24.2 Å². The molecule has 6 heteroatoms. The summed E-state index contributed by atoms with van der Waals surface area (Å²) >= 11 is 0. The number of carbonyl (C=O) groups excluding carboxylic acids is 1. The number of ether oxygens (including phenoxy) is 2. The van der Waals surface area contributed by atoms with Crippen LogP contribution in [0.5, 0.6) is 11.5 Å². The fraction of sp³-hybridized carbons (Fsp3) is 0.130. The van der Waals surface area contributed by atoms with E-state index in [1.165, 1.54) is 0 Å². The van der Waals surface area contributed by atoms with Crippen LogP contribution in [0.1, 0.15) is 28.9 Å². The van der Waals surface area contributed by atoms with Gasteiger partial charge < -0.3 is 19.9 Å². The molecule has 1 amide bonds. The van der Waals surface area contributed by atoms with Crippen LogP contribution in [0, 0.1) is 0 Å². The molecule has 3 aromatic carbocycles. The van der Waals surface area contributed by atoms with Crippen molar-refractivity contribution in [1.82, 2.24) is 0 Å². The predicted octanol–water partition coefficient (Wildman–Crippen LogP) is 4.54. The highest BCUT2D eigenvalue weighted by molar-refractivity contribution is 6.05. The van der Waals surface area contributed by atoms with E-state index < -0.39 is 12.1 Å². The van der Waals surface area contributed by atoms with Crippen LogP contribution in [-0.2, 0) is 4.79 Å². The minimum atomic E-state index is -1.13. The molecule has 0 saturated carbocycles. The maximum atomic E-state index is 12.5. The first-order valence-corrected chi connectivity index (χ1v) is 9.16. The Bertz CT molecular complexity index is 970. The fourth-order valence-electron chi connectivity index (χ4n) is 2.76. The molecule has 0 bridgehead atoms.